The van der Waals surface area contributed by atoms with E-state index >= 15 is 0 Å². The lowest BCUT2D eigenvalue weighted by atomic mass is 10.1. The minimum absolute atomic E-state index is 0.0333. The lowest BCUT2D eigenvalue weighted by Gasteiger charge is -2.09. The normalized spacial score (nSPS) is 12.2. The van der Waals surface area contributed by atoms with Crippen molar-refractivity contribution >= 4 is 0 Å². The molecule has 0 aliphatic rings. The molecule has 1 atom stereocenters. The minimum atomic E-state index is -0.265. The van der Waals surface area contributed by atoms with Gasteiger partial charge in [0.2, 0.25) is 0 Å². The summed E-state index contributed by atoms with van der Waals surface area (Å²) in [6.07, 6.45) is 0.570. The largest absolute Gasteiger partial charge is 0.497 e. The molecule has 1 heterocycles. The van der Waals surface area contributed by atoms with E-state index in [2.05, 4.69) is 4.98 Å². The topological polar surface area (TPSA) is 68.4 Å². The number of aliphatic hydroxyl groups excluding tert-OH is 1. The van der Waals surface area contributed by atoms with Gasteiger partial charge in [0.05, 0.1) is 19.4 Å². The number of methoxy groups -OCH3 is 1. The van der Waals surface area contributed by atoms with Crippen molar-refractivity contribution in [2.75, 3.05) is 13.7 Å². The van der Waals surface area contributed by atoms with Crippen molar-refractivity contribution in [2.45, 2.75) is 12.5 Å². The molecular weight excluding hydrogens is 240 g/mol. The molecule has 4 heteroatoms. The summed E-state index contributed by atoms with van der Waals surface area (Å²) < 4.78 is 5.13. The number of nitrogens with two attached hydrogens (primary N) is 1. The number of benzene rings is 1. The molecule has 0 bridgehead atoms. The molecule has 1 aromatic heterocycles. The van der Waals surface area contributed by atoms with Gasteiger partial charge >= 0.3 is 0 Å². The Labute approximate surface area is 112 Å². The summed E-state index contributed by atoms with van der Waals surface area (Å²) in [7, 11) is 1.64. The minimum Gasteiger partial charge on any atom is -0.497 e. The van der Waals surface area contributed by atoms with E-state index < -0.39 is 0 Å². The molecular formula is C15H18N2O2. The zero-order valence-electron chi connectivity index (χ0n) is 10.9. The zero-order valence-corrected chi connectivity index (χ0v) is 10.9. The molecule has 2 aromatic rings. The quantitative estimate of drug-likeness (QED) is 0.855. The van der Waals surface area contributed by atoms with Crippen LogP contribution in [0.2, 0.25) is 0 Å². The van der Waals surface area contributed by atoms with Crippen LogP contribution in [0.3, 0.4) is 0 Å². The molecule has 0 aliphatic heterocycles. The van der Waals surface area contributed by atoms with Crippen molar-refractivity contribution in [1.82, 2.24) is 4.98 Å². The highest BCUT2D eigenvalue weighted by atomic mass is 16.5. The molecule has 0 fully saturated rings. The van der Waals surface area contributed by atoms with Crippen LogP contribution in [-0.4, -0.2) is 29.8 Å². The van der Waals surface area contributed by atoms with E-state index in [1.54, 1.807) is 7.11 Å². The zero-order chi connectivity index (χ0) is 13.7. The number of hydrogen-bond acceptors (Lipinski definition) is 4. The first-order chi connectivity index (χ1) is 9.22. The van der Waals surface area contributed by atoms with Crippen molar-refractivity contribution in [3.05, 3.63) is 48.2 Å². The summed E-state index contributed by atoms with van der Waals surface area (Å²) >= 11 is 0. The molecule has 1 aromatic carbocycles. The molecule has 0 saturated heterocycles. The fourth-order valence-electron chi connectivity index (χ4n) is 1.85. The Hall–Kier alpha value is -1.91. The Morgan fingerprint density at radius 3 is 2.58 bits per heavy atom. The lowest BCUT2D eigenvalue weighted by molar-refractivity contribution is 0.264. The number of nitrogens with zero attached hydrogens (tertiary/aromatic N) is 1. The second-order valence-electron chi connectivity index (χ2n) is 4.39. The van der Waals surface area contributed by atoms with Gasteiger partial charge in [-0.1, -0.05) is 6.07 Å². The number of hydrogen-bond donors (Lipinski definition) is 2. The Morgan fingerprint density at radius 2 is 1.95 bits per heavy atom. The second kappa shape index (κ2) is 6.31. The number of rotatable bonds is 5. The van der Waals surface area contributed by atoms with Gasteiger partial charge in [-0.3, -0.25) is 4.98 Å². The van der Waals surface area contributed by atoms with Crippen molar-refractivity contribution in [3.63, 3.8) is 0 Å². The van der Waals surface area contributed by atoms with E-state index in [1.165, 1.54) is 0 Å². The first-order valence-corrected chi connectivity index (χ1v) is 6.19. The molecule has 0 radical (unpaired) electrons. The average molecular weight is 258 g/mol. The van der Waals surface area contributed by atoms with Gasteiger partial charge in [0, 0.05) is 23.7 Å². The number of ether oxygens (including phenoxy) is 1. The van der Waals surface area contributed by atoms with Crippen LogP contribution >= 0.6 is 0 Å². The van der Waals surface area contributed by atoms with Crippen molar-refractivity contribution in [1.29, 1.82) is 0 Å². The van der Waals surface area contributed by atoms with Gasteiger partial charge in [-0.2, -0.15) is 0 Å². The highest BCUT2D eigenvalue weighted by molar-refractivity contribution is 5.60. The van der Waals surface area contributed by atoms with Crippen LogP contribution in [0.5, 0.6) is 5.75 Å². The molecule has 4 nitrogen and oxygen atoms in total. The molecule has 0 amide bonds. The van der Waals surface area contributed by atoms with Crippen LogP contribution in [0.15, 0.2) is 42.5 Å². The third-order valence-electron chi connectivity index (χ3n) is 2.90. The maximum atomic E-state index is 8.97. The van der Waals surface area contributed by atoms with Crippen LogP contribution in [0, 0.1) is 0 Å². The van der Waals surface area contributed by atoms with Gasteiger partial charge in [0.15, 0.2) is 0 Å². The third kappa shape index (κ3) is 3.53. The highest BCUT2D eigenvalue weighted by Crippen LogP contribution is 2.20. The van der Waals surface area contributed by atoms with Gasteiger partial charge in [-0.25, -0.2) is 0 Å². The Morgan fingerprint density at radius 1 is 1.21 bits per heavy atom. The molecule has 2 rings (SSSR count). The van der Waals surface area contributed by atoms with E-state index in [-0.39, 0.29) is 12.6 Å². The maximum Gasteiger partial charge on any atom is 0.118 e. The number of pyridine rings is 1. The Balaban J connectivity index is 2.21. The molecule has 100 valence electrons. The van der Waals surface area contributed by atoms with Crippen LogP contribution in [-0.2, 0) is 6.42 Å². The number of aromatic nitrogens is 1. The van der Waals surface area contributed by atoms with Crippen LogP contribution in [0.25, 0.3) is 11.3 Å². The molecule has 0 spiro atoms. The van der Waals surface area contributed by atoms with Gasteiger partial charge in [0.25, 0.3) is 0 Å². The highest BCUT2D eigenvalue weighted by Gasteiger charge is 2.05. The van der Waals surface area contributed by atoms with Crippen LogP contribution < -0.4 is 10.5 Å². The summed E-state index contributed by atoms with van der Waals surface area (Å²) in [6.45, 7) is -0.0333. The van der Waals surface area contributed by atoms with Crippen LogP contribution in [0.1, 0.15) is 5.69 Å². The van der Waals surface area contributed by atoms with Crippen molar-refractivity contribution < 1.29 is 9.84 Å². The maximum absolute atomic E-state index is 8.97. The first-order valence-electron chi connectivity index (χ1n) is 6.19. The summed E-state index contributed by atoms with van der Waals surface area (Å²) in [4.78, 5) is 4.55. The van der Waals surface area contributed by atoms with Crippen molar-refractivity contribution in [3.8, 4) is 17.0 Å². The summed E-state index contributed by atoms with van der Waals surface area (Å²) in [6, 6.07) is 13.3. The first kappa shape index (κ1) is 13.5. The molecule has 1 unspecified atom stereocenters. The summed E-state index contributed by atoms with van der Waals surface area (Å²) in [5.41, 5.74) is 8.53. The van der Waals surface area contributed by atoms with E-state index in [0.29, 0.717) is 6.42 Å². The molecule has 3 N–H and O–H groups in total. The standard InChI is InChI=1S/C15H18N2O2/c1-19-14-7-5-11(6-8-14)15-4-2-3-13(17-15)9-12(16)10-18/h2-8,12,18H,9-10,16H2,1H3. The van der Waals surface area contributed by atoms with Gasteiger partial charge in [-0.05, 0) is 36.4 Å². The second-order valence-corrected chi connectivity index (χ2v) is 4.39. The summed E-state index contributed by atoms with van der Waals surface area (Å²) in [5.74, 6) is 0.821. The summed E-state index contributed by atoms with van der Waals surface area (Å²) in [5, 5.41) is 8.97. The van der Waals surface area contributed by atoms with Crippen LogP contribution in [0.4, 0.5) is 0 Å². The average Bonchev–Trinajstić information content (AvgIpc) is 2.47. The SMILES string of the molecule is COc1ccc(-c2cccc(CC(N)CO)n2)cc1. The van der Waals surface area contributed by atoms with E-state index in [4.69, 9.17) is 15.6 Å². The molecule has 0 aliphatic carbocycles. The fourth-order valence-corrected chi connectivity index (χ4v) is 1.85. The fraction of sp³-hybridized carbons (Fsp3) is 0.267. The van der Waals surface area contributed by atoms with Gasteiger partial charge in [0.1, 0.15) is 5.75 Å². The van der Waals surface area contributed by atoms with E-state index in [1.807, 2.05) is 42.5 Å². The predicted octanol–water partition coefficient (Wildman–Crippen LogP) is 1.62. The van der Waals surface area contributed by atoms with Gasteiger partial charge < -0.3 is 15.6 Å². The Bertz CT molecular complexity index is 526. The van der Waals surface area contributed by atoms with E-state index in [9.17, 15) is 0 Å². The number of aliphatic hydroxyl groups is 1. The lowest BCUT2D eigenvalue weighted by Crippen LogP contribution is -2.27. The third-order valence-corrected chi connectivity index (χ3v) is 2.90. The smallest absolute Gasteiger partial charge is 0.118 e. The molecule has 0 saturated carbocycles. The van der Waals surface area contributed by atoms with Crippen molar-refractivity contribution in [2.24, 2.45) is 5.73 Å². The predicted molar refractivity (Wildman–Crippen MR) is 75.0 cm³/mol. The van der Waals surface area contributed by atoms with Gasteiger partial charge in [-0.15, -0.1) is 0 Å². The Kier molecular flexibility index (Phi) is 4.49. The van der Waals surface area contributed by atoms with E-state index in [0.717, 1.165) is 22.7 Å². The monoisotopic (exact) mass is 258 g/mol. The molecule has 19 heavy (non-hydrogen) atoms.